The van der Waals surface area contributed by atoms with Crippen LogP contribution in [0.25, 0.3) is 11.5 Å². The van der Waals surface area contributed by atoms with Gasteiger partial charge in [0.1, 0.15) is 5.76 Å². The van der Waals surface area contributed by atoms with Crippen LogP contribution >= 0.6 is 0 Å². The van der Waals surface area contributed by atoms with E-state index in [-0.39, 0.29) is 5.91 Å². The molecule has 0 saturated heterocycles. The minimum absolute atomic E-state index is 0.142. The molecule has 25 heavy (non-hydrogen) atoms. The molecule has 2 aromatic carbocycles. The standard InChI is InChI=1S/C20H21N3O2/c1-13-8-9-16(12-17(13)21)19(24)22-11-10-18-14(2)25-20(23-18)15-6-4-3-5-7-15/h3-9,12H,10-11,21H2,1-2H3,(H,22,24). The molecule has 3 aromatic rings. The van der Waals surface area contributed by atoms with Crippen LogP contribution in [0.5, 0.6) is 0 Å². The van der Waals surface area contributed by atoms with Gasteiger partial charge in [0.2, 0.25) is 5.89 Å². The summed E-state index contributed by atoms with van der Waals surface area (Å²) in [6.45, 7) is 4.28. The van der Waals surface area contributed by atoms with Gasteiger partial charge in [-0.15, -0.1) is 0 Å². The molecule has 0 unspecified atom stereocenters. The highest BCUT2D eigenvalue weighted by Gasteiger charge is 2.12. The van der Waals surface area contributed by atoms with E-state index in [0.29, 0.717) is 30.1 Å². The zero-order valence-corrected chi connectivity index (χ0v) is 14.4. The smallest absolute Gasteiger partial charge is 0.251 e. The molecule has 1 heterocycles. The van der Waals surface area contributed by atoms with Gasteiger partial charge in [0.25, 0.3) is 5.91 Å². The Labute approximate surface area is 146 Å². The Balaban J connectivity index is 1.61. The lowest BCUT2D eigenvalue weighted by Crippen LogP contribution is -2.26. The van der Waals surface area contributed by atoms with Crippen molar-refractivity contribution in [3.63, 3.8) is 0 Å². The van der Waals surface area contributed by atoms with Crippen LogP contribution in [-0.4, -0.2) is 17.4 Å². The zero-order valence-electron chi connectivity index (χ0n) is 14.4. The number of oxazole rings is 1. The van der Waals surface area contributed by atoms with Gasteiger partial charge in [-0.05, 0) is 43.7 Å². The van der Waals surface area contributed by atoms with Crippen LogP contribution in [0.15, 0.2) is 52.9 Å². The maximum atomic E-state index is 12.2. The summed E-state index contributed by atoms with van der Waals surface area (Å²) in [4.78, 5) is 16.7. The summed E-state index contributed by atoms with van der Waals surface area (Å²) in [6, 6.07) is 15.1. The number of aryl methyl sites for hydroxylation is 2. The highest BCUT2D eigenvalue weighted by Crippen LogP contribution is 2.21. The molecule has 5 heteroatoms. The predicted molar refractivity (Wildman–Crippen MR) is 98.3 cm³/mol. The summed E-state index contributed by atoms with van der Waals surface area (Å²) in [5, 5.41) is 2.89. The molecule has 3 rings (SSSR count). The zero-order chi connectivity index (χ0) is 17.8. The highest BCUT2D eigenvalue weighted by molar-refractivity contribution is 5.95. The average molecular weight is 335 g/mol. The van der Waals surface area contributed by atoms with Crippen molar-refractivity contribution in [1.29, 1.82) is 0 Å². The van der Waals surface area contributed by atoms with Crippen molar-refractivity contribution in [2.24, 2.45) is 0 Å². The van der Waals surface area contributed by atoms with E-state index in [0.717, 1.165) is 22.6 Å². The van der Waals surface area contributed by atoms with Crippen LogP contribution < -0.4 is 11.1 Å². The first-order valence-electron chi connectivity index (χ1n) is 8.20. The number of rotatable bonds is 5. The molecule has 0 aliphatic rings. The Morgan fingerprint density at radius 1 is 1.16 bits per heavy atom. The fraction of sp³-hybridized carbons (Fsp3) is 0.200. The van der Waals surface area contributed by atoms with Gasteiger partial charge in [-0.3, -0.25) is 4.79 Å². The molecule has 3 N–H and O–H groups in total. The quantitative estimate of drug-likeness (QED) is 0.699. The lowest BCUT2D eigenvalue weighted by atomic mass is 10.1. The second kappa shape index (κ2) is 7.21. The Bertz CT molecular complexity index is 885. The number of benzene rings is 2. The monoisotopic (exact) mass is 335 g/mol. The van der Waals surface area contributed by atoms with E-state index in [9.17, 15) is 4.79 Å². The number of carbonyl (C=O) groups excluding carboxylic acids is 1. The van der Waals surface area contributed by atoms with Crippen molar-refractivity contribution in [2.75, 3.05) is 12.3 Å². The molecule has 0 fully saturated rings. The Morgan fingerprint density at radius 3 is 2.64 bits per heavy atom. The largest absolute Gasteiger partial charge is 0.441 e. The first-order valence-corrected chi connectivity index (χ1v) is 8.20. The molecule has 0 saturated carbocycles. The first-order chi connectivity index (χ1) is 12.0. The highest BCUT2D eigenvalue weighted by atomic mass is 16.4. The van der Waals surface area contributed by atoms with Crippen molar-refractivity contribution in [3.8, 4) is 11.5 Å². The minimum Gasteiger partial charge on any atom is -0.441 e. The summed E-state index contributed by atoms with van der Waals surface area (Å²) in [6.07, 6.45) is 0.606. The van der Waals surface area contributed by atoms with Crippen molar-refractivity contribution in [3.05, 3.63) is 71.1 Å². The van der Waals surface area contributed by atoms with Crippen molar-refractivity contribution < 1.29 is 9.21 Å². The second-order valence-electron chi connectivity index (χ2n) is 5.97. The minimum atomic E-state index is -0.142. The number of amides is 1. The van der Waals surface area contributed by atoms with Crippen LogP contribution in [0.1, 0.15) is 27.4 Å². The summed E-state index contributed by atoms with van der Waals surface area (Å²) >= 11 is 0. The normalized spacial score (nSPS) is 10.6. The SMILES string of the molecule is Cc1ccc(C(=O)NCCc2nc(-c3ccccc3)oc2C)cc1N. The van der Waals surface area contributed by atoms with Crippen LogP contribution in [0, 0.1) is 13.8 Å². The fourth-order valence-electron chi connectivity index (χ4n) is 2.54. The Morgan fingerprint density at radius 2 is 1.92 bits per heavy atom. The van der Waals surface area contributed by atoms with E-state index in [2.05, 4.69) is 10.3 Å². The molecule has 1 aromatic heterocycles. The second-order valence-corrected chi connectivity index (χ2v) is 5.97. The lowest BCUT2D eigenvalue weighted by Gasteiger charge is -2.06. The van der Waals surface area contributed by atoms with Gasteiger partial charge < -0.3 is 15.5 Å². The predicted octanol–water partition coefficient (Wildman–Crippen LogP) is 3.51. The van der Waals surface area contributed by atoms with Crippen LogP contribution in [-0.2, 0) is 6.42 Å². The summed E-state index contributed by atoms with van der Waals surface area (Å²) in [5.41, 5.74) is 9.78. The van der Waals surface area contributed by atoms with E-state index in [1.54, 1.807) is 12.1 Å². The summed E-state index contributed by atoms with van der Waals surface area (Å²) in [7, 11) is 0. The molecule has 0 atom stereocenters. The number of nitrogen functional groups attached to an aromatic ring is 1. The number of nitrogens with zero attached hydrogens (tertiary/aromatic N) is 1. The number of hydrogen-bond donors (Lipinski definition) is 2. The number of aromatic nitrogens is 1. The third-order valence-corrected chi connectivity index (χ3v) is 4.10. The third kappa shape index (κ3) is 3.88. The summed E-state index contributed by atoms with van der Waals surface area (Å²) in [5.74, 6) is 1.23. The number of carbonyl (C=O) groups is 1. The van der Waals surface area contributed by atoms with Crippen LogP contribution in [0.3, 0.4) is 0 Å². The number of nitrogens with two attached hydrogens (primary N) is 1. The van der Waals surface area contributed by atoms with Crippen molar-refractivity contribution >= 4 is 11.6 Å². The maximum Gasteiger partial charge on any atom is 0.251 e. The first kappa shape index (κ1) is 16.8. The lowest BCUT2D eigenvalue weighted by molar-refractivity contribution is 0.0954. The van der Waals surface area contributed by atoms with E-state index in [4.69, 9.17) is 10.2 Å². The molecule has 0 aliphatic carbocycles. The van der Waals surface area contributed by atoms with Gasteiger partial charge >= 0.3 is 0 Å². The molecule has 1 amide bonds. The molecule has 0 spiro atoms. The molecule has 0 radical (unpaired) electrons. The van der Waals surface area contributed by atoms with Crippen LogP contribution in [0.4, 0.5) is 5.69 Å². The number of anilines is 1. The van der Waals surface area contributed by atoms with Gasteiger partial charge in [-0.25, -0.2) is 4.98 Å². The Hall–Kier alpha value is -3.08. The van der Waals surface area contributed by atoms with Gasteiger partial charge in [0.15, 0.2) is 0 Å². The van der Waals surface area contributed by atoms with Crippen molar-refractivity contribution in [2.45, 2.75) is 20.3 Å². The van der Waals surface area contributed by atoms with E-state index >= 15 is 0 Å². The topological polar surface area (TPSA) is 81.2 Å². The molecule has 0 aliphatic heterocycles. The molecular formula is C20H21N3O2. The Kier molecular flexibility index (Phi) is 4.84. The average Bonchev–Trinajstić information content (AvgIpc) is 2.99. The van der Waals surface area contributed by atoms with Gasteiger partial charge in [-0.2, -0.15) is 0 Å². The van der Waals surface area contributed by atoms with Crippen molar-refractivity contribution in [1.82, 2.24) is 10.3 Å². The van der Waals surface area contributed by atoms with E-state index in [1.165, 1.54) is 0 Å². The fourth-order valence-corrected chi connectivity index (χ4v) is 2.54. The summed E-state index contributed by atoms with van der Waals surface area (Å²) < 4.78 is 5.73. The molecule has 5 nitrogen and oxygen atoms in total. The molecular weight excluding hydrogens is 314 g/mol. The van der Waals surface area contributed by atoms with E-state index < -0.39 is 0 Å². The maximum absolute atomic E-state index is 12.2. The number of hydrogen-bond acceptors (Lipinski definition) is 4. The third-order valence-electron chi connectivity index (χ3n) is 4.10. The molecule has 128 valence electrons. The van der Waals surface area contributed by atoms with Gasteiger partial charge in [-0.1, -0.05) is 24.3 Å². The van der Waals surface area contributed by atoms with Gasteiger partial charge in [0.05, 0.1) is 5.69 Å². The number of nitrogens with one attached hydrogen (secondary N) is 1. The van der Waals surface area contributed by atoms with Crippen LogP contribution in [0.2, 0.25) is 0 Å². The molecule has 0 bridgehead atoms. The van der Waals surface area contributed by atoms with Gasteiger partial charge in [0, 0.05) is 29.8 Å². The van der Waals surface area contributed by atoms with E-state index in [1.807, 2.05) is 50.2 Å².